The van der Waals surface area contributed by atoms with E-state index in [1.54, 1.807) is 36.9 Å². The van der Waals surface area contributed by atoms with Crippen molar-refractivity contribution in [2.75, 3.05) is 30.5 Å². The molecule has 4 rings (SSSR count). The van der Waals surface area contributed by atoms with Gasteiger partial charge in [-0.1, -0.05) is 38.1 Å². The number of rotatable bonds is 12. The maximum absolute atomic E-state index is 14.3. The molecule has 1 amide bonds. The molecular weight excluding hydrogens is 601 g/mol. The minimum absolute atomic E-state index is 0.122. The summed E-state index contributed by atoms with van der Waals surface area (Å²) in [6.07, 6.45) is 4.04. The normalized spacial score (nSPS) is 12.5. The van der Waals surface area contributed by atoms with Crippen LogP contribution in [0.2, 0.25) is 0 Å². The Morgan fingerprint density at radius 2 is 1.98 bits per heavy atom. The van der Waals surface area contributed by atoms with Crippen LogP contribution in [0.15, 0.2) is 49.3 Å². The molecule has 0 spiro atoms. The second kappa shape index (κ2) is 14.8. The van der Waals surface area contributed by atoms with Gasteiger partial charge in [0.05, 0.1) is 40.8 Å². The number of ether oxygens (including phenoxy) is 2. The molecule has 0 saturated heterocycles. The first-order chi connectivity index (χ1) is 22.4. The van der Waals surface area contributed by atoms with Gasteiger partial charge in [-0.15, -0.1) is 11.7 Å². The quantitative estimate of drug-likeness (QED) is 0.140. The van der Waals surface area contributed by atoms with E-state index in [-0.39, 0.29) is 28.8 Å². The lowest BCUT2D eigenvalue weighted by Crippen LogP contribution is -2.39. The highest BCUT2D eigenvalue weighted by Gasteiger charge is 2.35. The van der Waals surface area contributed by atoms with Gasteiger partial charge in [0.2, 0.25) is 5.95 Å². The number of anilines is 2. The largest absolute Gasteiger partial charge is 0.444 e. The molecule has 244 valence electrons. The number of amides is 1. The van der Waals surface area contributed by atoms with Crippen LogP contribution in [0.25, 0.3) is 10.9 Å². The molecule has 1 aromatic carbocycles. The van der Waals surface area contributed by atoms with Crippen molar-refractivity contribution in [3.8, 4) is 12.1 Å². The number of nitrogens with one attached hydrogen (secondary N) is 1. The van der Waals surface area contributed by atoms with Gasteiger partial charge in [0.15, 0.2) is 0 Å². The predicted molar refractivity (Wildman–Crippen MR) is 175 cm³/mol. The number of nitriles is 2. The first kappa shape index (κ1) is 34.5. The van der Waals surface area contributed by atoms with Gasteiger partial charge in [0.25, 0.3) is 0 Å². The van der Waals surface area contributed by atoms with Gasteiger partial charge in [0, 0.05) is 43.0 Å². The Morgan fingerprint density at radius 3 is 2.62 bits per heavy atom. The summed E-state index contributed by atoms with van der Waals surface area (Å²) in [5.41, 5.74) is 2.44. The van der Waals surface area contributed by atoms with Crippen molar-refractivity contribution in [1.82, 2.24) is 25.0 Å². The van der Waals surface area contributed by atoms with E-state index in [0.717, 1.165) is 0 Å². The van der Waals surface area contributed by atoms with Gasteiger partial charge in [0.1, 0.15) is 30.0 Å². The zero-order valence-corrected chi connectivity index (χ0v) is 27.4. The SMILES string of the molecule is C=CCCn1cc([C@H](c2ccc(F)nc2C)N(C(=O)O[C@H](C)COC)c2cc(C#N)c3ncc(C#N)c(NCC(C)(C)C)c3c2)nn1. The first-order valence-corrected chi connectivity index (χ1v) is 15.0. The lowest BCUT2D eigenvalue weighted by molar-refractivity contribution is 0.0520. The number of benzene rings is 1. The van der Waals surface area contributed by atoms with E-state index < -0.39 is 24.2 Å². The van der Waals surface area contributed by atoms with Crippen LogP contribution in [-0.2, 0) is 16.0 Å². The van der Waals surface area contributed by atoms with Gasteiger partial charge >= 0.3 is 6.09 Å². The fraction of sp³-hybridized carbons (Fsp3) is 0.382. The van der Waals surface area contributed by atoms with Crippen LogP contribution in [-0.4, -0.2) is 57.4 Å². The first-order valence-electron chi connectivity index (χ1n) is 15.0. The zero-order chi connectivity index (χ0) is 34.3. The number of aryl methyl sites for hydroxylation is 2. The maximum atomic E-state index is 14.3. The van der Waals surface area contributed by atoms with E-state index in [9.17, 15) is 19.7 Å². The summed E-state index contributed by atoms with van der Waals surface area (Å²) < 4.78 is 27.0. The van der Waals surface area contributed by atoms with Crippen LogP contribution in [0.4, 0.5) is 20.6 Å². The van der Waals surface area contributed by atoms with Gasteiger partial charge in [-0.05, 0) is 43.9 Å². The summed E-state index contributed by atoms with van der Waals surface area (Å²) in [6, 6.07) is 9.29. The maximum Gasteiger partial charge on any atom is 0.415 e. The Morgan fingerprint density at radius 1 is 1.23 bits per heavy atom. The van der Waals surface area contributed by atoms with E-state index >= 15 is 0 Å². The van der Waals surface area contributed by atoms with Crippen LogP contribution >= 0.6 is 0 Å². The number of halogens is 1. The van der Waals surface area contributed by atoms with Crippen LogP contribution < -0.4 is 10.2 Å². The molecule has 0 aliphatic rings. The van der Waals surface area contributed by atoms with Crippen molar-refractivity contribution >= 4 is 28.4 Å². The van der Waals surface area contributed by atoms with Crippen molar-refractivity contribution in [2.24, 2.45) is 5.41 Å². The molecule has 0 radical (unpaired) electrons. The lowest BCUT2D eigenvalue weighted by Gasteiger charge is -2.32. The number of carbonyl (C=O) groups excluding carboxylic acids is 1. The Balaban J connectivity index is 2.05. The molecule has 0 aliphatic carbocycles. The fourth-order valence-electron chi connectivity index (χ4n) is 5.03. The van der Waals surface area contributed by atoms with Crippen molar-refractivity contribution < 1.29 is 18.7 Å². The molecule has 47 heavy (non-hydrogen) atoms. The lowest BCUT2D eigenvalue weighted by atomic mass is 9.96. The highest BCUT2D eigenvalue weighted by molar-refractivity contribution is 6.01. The van der Waals surface area contributed by atoms with Gasteiger partial charge in [-0.2, -0.15) is 14.9 Å². The van der Waals surface area contributed by atoms with Crippen LogP contribution in [0.3, 0.4) is 0 Å². The number of nitrogens with zero attached hydrogens (tertiary/aromatic N) is 8. The number of fused-ring (bicyclic) bond motifs is 1. The minimum atomic E-state index is -1.02. The van der Waals surface area contributed by atoms with Gasteiger partial charge in [-0.25, -0.2) is 9.78 Å². The summed E-state index contributed by atoms with van der Waals surface area (Å²) in [6.45, 7) is 14.3. The summed E-state index contributed by atoms with van der Waals surface area (Å²) in [5, 5.41) is 32.8. The van der Waals surface area contributed by atoms with E-state index in [4.69, 9.17) is 9.47 Å². The summed E-state index contributed by atoms with van der Waals surface area (Å²) in [4.78, 5) is 24.1. The van der Waals surface area contributed by atoms with E-state index in [1.165, 1.54) is 36.4 Å². The summed E-state index contributed by atoms with van der Waals surface area (Å²) >= 11 is 0. The highest BCUT2D eigenvalue weighted by Crippen LogP contribution is 2.39. The number of hydrogen-bond acceptors (Lipinski definition) is 10. The topological polar surface area (TPSA) is 155 Å². The second-order valence-electron chi connectivity index (χ2n) is 12.3. The smallest absolute Gasteiger partial charge is 0.415 e. The van der Waals surface area contributed by atoms with Crippen molar-refractivity contribution in [3.05, 3.63) is 83.3 Å². The fourth-order valence-corrected chi connectivity index (χ4v) is 5.03. The third-order valence-electron chi connectivity index (χ3n) is 7.22. The van der Waals surface area contributed by atoms with Crippen molar-refractivity contribution in [3.63, 3.8) is 0 Å². The molecule has 0 saturated carbocycles. The van der Waals surface area contributed by atoms with Gasteiger partial charge in [-0.3, -0.25) is 14.6 Å². The number of carbonyl (C=O) groups is 1. The molecule has 0 bridgehead atoms. The third-order valence-corrected chi connectivity index (χ3v) is 7.22. The molecule has 13 heteroatoms. The zero-order valence-electron chi connectivity index (χ0n) is 27.4. The van der Waals surface area contributed by atoms with Gasteiger partial charge < -0.3 is 14.8 Å². The molecule has 4 aromatic rings. The molecule has 3 heterocycles. The van der Waals surface area contributed by atoms with Crippen molar-refractivity contribution in [2.45, 2.75) is 59.7 Å². The Kier molecular flexibility index (Phi) is 10.9. The van der Waals surface area contributed by atoms with Crippen molar-refractivity contribution in [1.29, 1.82) is 10.5 Å². The van der Waals surface area contributed by atoms with Crippen LogP contribution in [0, 0.1) is 40.9 Å². The molecule has 1 N–H and O–H groups in total. The summed E-state index contributed by atoms with van der Waals surface area (Å²) in [5.74, 6) is -0.690. The average Bonchev–Trinajstić information content (AvgIpc) is 3.49. The minimum Gasteiger partial charge on any atom is -0.444 e. The number of pyridine rings is 2. The highest BCUT2D eigenvalue weighted by atomic mass is 19.1. The molecular formula is C34H38FN9O3. The number of methoxy groups -OCH3 is 1. The van der Waals surface area contributed by atoms with E-state index in [0.29, 0.717) is 53.1 Å². The Hall–Kier alpha value is -5.40. The molecule has 0 unspecified atom stereocenters. The summed E-state index contributed by atoms with van der Waals surface area (Å²) in [7, 11) is 1.49. The third kappa shape index (κ3) is 8.07. The van der Waals surface area contributed by atoms with Crippen LogP contribution in [0.1, 0.15) is 68.2 Å². The molecule has 0 fully saturated rings. The van der Waals surface area contributed by atoms with Crippen LogP contribution in [0.5, 0.6) is 0 Å². The number of aromatic nitrogens is 5. The average molecular weight is 640 g/mol. The van der Waals surface area contributed by atoms with E-state index in [2.05, 4.69) is 44.3 Å². The van der Waals surface area contributed by atoms with E-state index in [1.807, 2.05) is 20.8 Å². The molecule has 0 aliphatic heterocycles. The predicted octanol–water partition coefficient (Wildman–Crippen LogP) is 6.21. The molecule has 2 atom stereocenters. The standard InChI is InChI=1S/C34H38FN9O3/c1-8-9-12-43-18-28(41-42-43)32(26-10-11-29(35)40-22(26)3)44(33(45)47-21(2)19-46-7)25-13-23(15-36)30-27(14-25)31(24(16-37)17-38-30)39-20-34(4,5)6/h8,10-11,13-14,17-18,21,32H,1,9,12,19-20H2,2-7H3,(H,38,39)/t21-,32+/m1/s1. The number of hydrogen-bond donors (Lipinski definition) is 1. The molecule has 3 aromatic heterocycles. The molecule has 12 nitrogen and oxygen atoms in total. The Bertz CT molecular complexity index is 1850. The second-order valence-corrected chi connectivity index (χ2v) is 12.3. The number of allylic oxidation sites excluding steroid dienone is 1. The Labute approximate surface area is 273 Å². The monoisotopic (exact) mass is 639 g/mol.